The first-order chi connectivity index (χ1) is 7.02. The van der Waals surface area contributed by atoms with Crippen molar-refractivity contribution in [3.8, 4) is 0 Å². The lowest BCUT2D eigenvalue weighted by molar-refractivity contribution is -0.132. The molecule has 0 radical (unpaired) electrons. The lowest BCUT2D eigenvalue weighted by atomic mass is 10.1. The van der Waals surface area contributed by atoms with Gasteiger partial charge in [-0.05, 0) is 12.8 Å². The highest BCUT2D eigenvalue weighted by molar-refractivity contribution is 8.17. The fourth-order valence-corrected chi connectivity index (χ4v) is 4.73. The smallest absolute Gasteiger partial charge is 0.301 e. The van der Waals surface area contributed by atoms with Crippen LogP contribution in [0.2, 0.25) is 0 Å². The van der Waals surface area contributed by atoms with E-state index in [9.17, 15) is 14.4 Å². The van der Waals surface area contributed by atoms with Crippen LogP contribution in [0.5, 0.6) is 0 Å². The first-order valence-corrected chi connectivity index (χ1v) is 9.11. The van der Waals surface area contributed by atoms with E-state index >= 15 is 0 Å². The molecule has 98 valence electrons. The maximum Gasteiger partial charge on any atom is 0.546 e. The number of hydrogen-bond acceptors (Lipinski definition) is 3. The molecule has 0 amide bonds. The molecule has 0 bridgehead atoms. The lowest BCUT2D eigenvalue weighted by Gasteiger charge is -2.05. The van der Waals surface area contributed by atoms with Crippen LogP contribution < -0.4 is 0 Å². The summed E-state index contributed by atoms with van der Waals surface area (Å²) in [4.78, 5) is 35.2. The molecule has 7 nitrogen and oxygen atoms in total. The molecule has 0 aromatic rings. The third-order valence-corrected chi connectivity index (χ3v) is 4.92. The van der Waals surface area contributed by atoms with Crippen LogP contribution in [0.15, 0.2) is 0 Å². The molecular weight excluding hydrogens is 278 g/mol. The molecule has 0 aromatic carbocycles. The van der Waals surface area contributed by atoms with Crippen molar-refractivity contribution in [3.05, 3.63) is 0 Å². The number of phosphoric acid groups is 1. The fraction of sp³-hybridized carbons (Fsp3) is 1.00. The monoisotopic (exact) mass is 295 g/mol. The third-order valence-electron chi connectivity index (χ3n) is 1.35. The Balaban J connectivity index is 4.41. The summed E-state index contributed by atoms with van der Waals surface area (Å²) in [6.07, 6.45) is 0.715. The molecule has 0 heterocycles. The quantitative estimate of drug-likeness (QED) is 0.252. The molecule has 0 fully saturated rings. The van der Waals surface area contributed by atoms with Crippen LogP contribution in [0, 0.1) is 5.92 Å². The Hall–Kier alpha value is 0.640. The van der Waals surface area contributed by atoms with Crippen molar-refractivity contribution in [1.29, 1.82) is 0 Å². The van der Waals surface area contributed by atoms with Gasteiger partial charge in [-0.25, -0.2) is 4.57 Å². The predicted octanol–water partition coefficient (Wildman–Crippen LogP) is 1.21. The summed E-state index contributed by atoms with van der Waals surface area (Å²) >= 11 is 0. The molecule has 0 aliphatic rings. The van der Waals surface area contributed by atoms with Crippen LogP contribution in [-0.4, -0.2) is 24.8 Å². The van der Waals surface area contributed by atoms with E-state index in [4.69, 9.17) is 9.79 Å². The van der Waals surface area contributed by atoms with Gasteiger partial charge in [-0.3, -0.25) is 9.79 Å². The Morgan fingerprint density at radius 2 is 1.62 bits per heavy atom. The molecule has 0 spiro atoms. The predicted molar refractivity (Wildman–Crippen MR) is 61.9 cm³/mol. The molecule has 0 saturated heterocycles. The van der Waals surface area contributed by atoms with Gasteiger partial charge in [0.1, 0.15) is 0 Å². The summed E-state index contributed by atoms with van der Waals surface area (Å²) in [5.74, 6) is 0.366. The molecule has 0 aliphatic heterocycles. The molecule has 16 heavy (non-hydrogen) atoms. The van der Waals surface area contributed by atoms with E-state index in [1.54, 1.807) is 6.92 Å². The SMILES string of the molecule is CC(C)CC(C)[S+]=P(O)(O)OOP(=O)(O)O. The minimum atomic E-state index is -4.86. The zero-order chi connectivity index (χ0) is 13.0. The first-order valence-electron chi connectivity index (χ1n) is 4.48. The van der Waals surface area contributed by atoms with E-state index in [0.717, 1.165) is 0 Å². The second kappa shape index (κ2) is 6.54. The Bertz CT molecular complexity index is 306. The maximum atomic E-state index is 10.3. The zero-order valence-electron chi connectivity index (χ0n) is 9.18. The van der Waals surface area contributed by atoms with Crippen molar-refractivity contribution in [2.24, 2.45) is 5.92 Å². The van der Waals surface area contributed by atoms with Crippen molar-refractivity contribution >= 4 is 25.5 Å². The van der Waals surface area contributed by atoms with Crippen LogP contribution >= 0.6 is 14.5 Å². The molecule has 0 rings (SSSR count). The van der Waals surface area contributed by atoms with Crippen LogP contribution in [0.3, 0.4) is 0 Å². The van der Waals surface area contributed by atoms with E-state index in [0.29, 0.717) is 23.3 Å². The molecule has 0 aromatic heterocycles. The average Bonchev–Trinajstić information content (AvgIpc) is 1.96. The molecule has 10 heteroatoms. The Morgan fingerprint density at radius 3 is 2.00 bits per heavy atom. The number of hydrogen-bond donors (Lipinski definition) is 4. The van der Waals surface area contributed by atoms with Gasteiger partial charge < -0.3 is 9.79 Å². The third kappa shape index (κ3) is 9.84. The van der Waals surface area contributed by atoms with Gasteiger partial charge in [-0.2, -0.15) is 0 Å². The van der Waals surface area contributed by atoms with Gasteiger partial charge in [0.05, 0.1) is 0 Å². The highest BCUT2D eigenvalue weighted by Gasteiger charge is 2.34. The Kier molecular flexibility index (Phi) is 6.80. The maximum absolute atomic E-state index is 10.3. The van der Waals surface area contributed by atoms with Gasteiger partial charge in [0.15, 0.2) is 5.25 Å². The van der Waals surface area contributed by atoms with E-state index in [2.05, 4.69) is 9.35 Å². The average molecular weight is 295 g/mol. The van der Waals surface area contributed by atoms with Crippen molar-refractivity contribution in [1.82, 2.24) is 0 Å². The van der Waals surface area contributed by atoms with Crippen LogP contribution in [0.1, 0.15) is 27.2 Å². The minimum absolute atomic E-state index is 0.122. The summed E-state index contributed by atoms with van der Waals surface area (Å²) in [6, 6.07) is 0. The molecule has 4 N–H and O–H groups in total. The summed E-state index contributed by atoms with van der Waals surface area (Å²) in [7, 11) is -4.16. The van der Waals surface area contributed by atoms with Crippen LogP contribution in [-0.2, 0) is 24.9 Å². The summed E-state index contributed by atoms with van der Waals surface area (Å²) in [5, 5.41) is -0.122. The highest BCUT2D eigenvalue weighted by atomic mass is 32.5. The van der Waals surface area contributed by atoms with Crippen molar-refractivity contribution in [2.45, 2.75) is 32.4 Å². The van der Waals surface area contributed by atoms with Gasteiger partial charge >= 0.3 is 14.5 Å². The van der Waals surface area contributed by atoms with Crippen LogP contribution in [0.25, 0.3) is 0 Å². The second-order valence-corrected chi connectivity index (χ2v) is 9.01. The Morgan fingerprint density at radius 1 is 1.12 bits per heavy atom. The molecule has 0 saturated carbocycles. The van der Waals surface area contributed by atoms with Gasteiger partial charge in [0.25, 0.3) is 0 Å². The topological polar surface area (TPSA) is 116 Å². The van der Waals surface area contributed by atoms with Gasteiger partial charge in [-0.15, -0.1) is 9.35 Å². The largest absolute Gasteiger partial charge is 0.546 e. The number of rotatable bonds is 6. The molecule has 0 aliphatic carbocycles. The van der Waals surface area contributed by atoms with E-state index in [-0.39, 0.29) is 5.25 Å². The highest BCUT2D eigenvalue weighted by Crippen LogP contribution is 2.48. The zero-order valence-corrected chi connectivity index (χ0v) is 11.8. The fourth-order valence-electron chi connectivity index (χ4n) is 1.05. The van der Waals surface area contributed by atoms with Gasteiger partial charge in [0.2, 0.25) is 10.9 Å². The minimum Gasteiger partial charge on any atom is -0.301 e. The van der Waals surface area contributed by atoms with Crippen molar-refractivity contribution in [2.75, 3.05) is 0 Å². The second-order valence-electron chi connectivity index (χ2n) is 3.68. The van der Waals surface area contributed by atoms with E-state index in [1.165, 1.54) is 0 Å². The van der Waals surface area contributed by atoms with Crippen molar-refractivity contribution in [3.63, 3.8) is 0 Å². The van der Waals surface area contributed by atoms with E-state index < -0.39 is 14.5 Å². The summed E-state index contributed by atoms with van der Waals surface area (Å²) in [5.41, 5.74) is 0. The van der Waals surface area contributed by atoms with Gasteiger partial charge in [0, 0.05) is 6.42 Å². The molecule has 1 unspecified atom stereocenters. The summed E-state index contributed by atoms with van der Waals surface area (Å²) < 4.78 is 17.8. The Labute approximate surface area is 97.8 Å². The van der Waals surface area contributed by atoms with E-state index in [1.807, 2.05) is 13.8 Å². The standard InChI is InChI=1S/C6H16O7P2S/c1-5(2)4-6(3)16-15(10,11)13-12-14(7,8)9/h5-6H,4H2,1-3H3,(H3-,7,8,9,10,11)/p+1. The first kappa shape index (κ1) is 16.6. The normalized spacial score (nSPS) is 15.2. The summed E-state index contributed by atoms with van der Waals surface area (Å²) in [6.45, 7) is 1.75. The molecular formula is C6H17O7P2S+. The van der Waals surface area contributed by atoms with Crippen LogP contribution in [0.4, 0.5) is 0 Å². The lowest BCUT2D eigenvalue weighted by Crippen LogP contribution is -2.06. The molecule has 1 atom stereocenters. The van der Waals surface area contributed by atoms with Gasteiger partial charge in [-0.1, -0.05) is 13.8 Å². The van der Waals surface area contributed by atoms with Crippen molar-refractivity contribution < 1.29 is 33.5 Å².